The number of hydrogen-bond acceptors (Lipinski definition) is 3. The number of nitrogens with zero attached hydrogens (tertiary/aromatic N) is 1. The molecule has 1 amide bonds. The zero-order chi connectivity index (χ0) is 15.8. The van der Waals surface area contributed by atoms with Crippen molar-refractivity contribution in [3.05, 3.63) is 77.7 Å². The SMILES string of the molecule is C=CCN1C(=O)c2ccccc2NC1c1csc2ccccc12. The van der Waals surface area contributed by atoms with Gasteiger partial charge in [0.1, 0.15) is 6.17 Å². The lowest BCUT2D eigenvalue weighted by atomic mass is 10.0. The molecule has 0 bridgehead atoms. The number of carbonyl (C=O) groups is 1. The van der Waals surface area contributed by atoms with Gasteiger partial charge in [0.2, 0.25) is 0 Å². The first-order chi connectivity index (χ1) is 11.3. The average molecular weight is 320 g/mol. The molecule has 0 saturated heterocycles. The Morgan fingerprint density at radius 3 is 2.83 bits per heavy atom. The van der Waals surface area contributed by atoms with Crippen LogP contribution in [0.5, 0.6) is 0 Å². The van der Waals surface area contributed by atoms with Crippen molar-refractivity contribution in [3.8, 4) is 0 Å². The van der Waals surface area contributed by atoms with Crippen LogP contribution in [0.4, 0.5) is 5.69 Å². The number of thiophene rings is 1. The van der Waals surface area contributed by atoms with E-state index in [2.05, 4.69) is 29.4 Å². The molecule has 1 aliphatic heterocycles. The van der Waals surface area contributed by atoms with Gasteiger partial charge in [-0.1, -0.05) is 36.4 Å². The van der Waals surface area contributed by atoms with Crippen LogP contribution in [0.25, 0.3) is 10.1 Å². The molecular weight excluding hydrogens is 304 g/mol. The van der Waals surface area contributed by atoms with Gasteiger partial charge in [-0.25, -0.2) is 0 Å². The highest BCUT2D eigenvalue weighted by atomic mass is 32.1. The molecule has 2 aromatic carbocycles. The van der Waals surface area contributed by atoms with Gasteiger partial charge in [-0.05, 0) is 29.0 Å². The Kier molecular flexibility index (Phi) is 3.39. The molecule has 1 unspecified atom stereocenters. The molecule has 23 heavy (non-hydrogen) atoms. The van der Waals surface area contributed by atoms with E-state index in [9.17, 15) is 4.79 Å². The Morgan fingerprint density at radius 1 is 1.17 bits per heavy atom. The van der Waals surface area contributed by atoms with Crippen molar-refractivity contribution >= 4 is 33.0 Å². The Bertz CT molecular complexity index is 899. The van der Waals surface area contributed by atoms with E-state index < -0.39 is 0 Å². The summed E-state index contributed by atoms with van der Waals surface area (Å²) in [5.41, 5.74) is 2.73. The van der Waals surface area contributed by atoms with Gasteiger partial charge in [-0.3, -0.25) is 4.79 Å². The Hall–Kier alpha value is -2.59. The summed E-state index contributed by atoms with van der Waals surface area (Å²) >= 11 is 1.71. The Morgan fingerprint density at radius 2 is 1.96 bits per heavy atom. The molecular formula is C19H16N2OS. The lowest BCUT2D eigenvalue weighted by molar-refractivity contribution is 0.0709. The summed E-state index contributed by atoms with van der Waals surface area (Å²) in [6.07, 6.45) is 1.60. The van der Waals surface area contributed by atoms with Crippen LogP contribution in [0.3, 0.4) is 0 Å². The highest BCUT2D eigenvalue weighted by Gasteiger charge is 2.33. The molecule has 0 saturated carbocycles. The van der Waals surface area contributed by atoms with Gasteiger partial charge in [-0.15, -0.1) is 17.9 Å². The second-order valence-electron chi connectivity index (χ2n) is 5.53. The number of nitrogens with one attached hydrogen (secondary N) is 1. The Balaban J connectivity index is 1.86. The molecule has 114 valence electrons. The Labute approximate surface area is 138 Å². The average Bonchev–Trinajstić information content (AvgIpc) is 3.01. The molecule has 1 aromatic heterocycles. The summed E-state index contributed by atoms with van der Waals surface area (Å²) < 4.78 is 1.23. The monoisotopic (exact) mass is 320 g/mol. The van der Waals surface area contributed by atoms with E-state index in [0.717, 1.165) is 11.3 Å². The first-order valence-electron chi connectivity index (χ1n) is 7.53. The van der Waals surface area contributed by atoms with Gasteiger partial charge in [-0.2, -0.15) is 0 Å². The second-order valence-corrected chi connectivity index (χ2v) is 6.44. The van der Waals surface area contributed by atoms with E-state index in [0.29, 0.717) is 12.1 Å². The summed E-state index contributed by atoms with van der Waals surface area (Å²) in [6.45, 7) is 4.31. The summed E-state index contributed by atoms with van der Waals surface area (Å²) in [4.78, 5) is 14.7. The van der Waals surface area contributed by atoms with Crippen LogP contribution in [0.15, 0.2) is 66.6 Å². The predicted molar refractivity (Wildman–Crippen MR) is 95.9 cm³/mol. The van der Waals surface area contributed by atoms with Crippen molar-refractivity contribution in [2.75, 3.05) is 11.9 Å². The van der Waals surface area contributed by atoms with Crippen molar-refractivity contribution in [1.82, 2.24) is 4.90 Å². The van der Waals surface area contributed by atoms with Crippen molar-refractivity contribution in [1.29, 1.82) is 0 Å². The minimum absolute atomic E-state index is 0.0412. The van der Waals surface area contributed by atoms with Crippen LogP contribution in [0.1, 0.15) is 22.1 Å². The number of benzene rings is 2. The van der Waals surface area contributed by atoms with E-state index >= 15 is 0 Å². The molecule has 0 aliphatic carbocycles. The lowest BCUT2D eigenvalue weighted by Gasteiger charge is -2.37. The van der Waals surface area contributed by atoms with Crippen LogP contribution >= 0.6 is 11.3 Å². The summed E-state index contributed by atoms with van der Waals surface area (Å²) in [7, 11) is 0. The smallest absolute Gasteiger partial charge is 0.258 e. The van der Waals surface area contributed by atoms with Gasteiger partial charge in [0, 0.05) is 22.5 Å². The van der Waals surface area contributed by atoms with Gasteiger partial charge >= 0.3 is 0 Å². The van der Waals surface area contributed by atoms with Gasteiger partial charge in [0.25, 0.3) is 5.91 Å². The number of anilines is 1. The van der Waals surface area contributed by atoms with Crippen LogP contribution < -0.4 is 5.32 Å². The van der Waals surface area contributed by atoms with Crippen molar-refractivity contribution in [3.63, 3.8) is 0 Å². The fraction of sp³-hybridized carbons (Fsp3) is 0.105. The molecule has 1 atom stereocenters. The summed E-state index contributed by atoms with van der Waals surface area (Å²) in [6, 6.07) is 16.0. The molecule has 0 radical (unpaired) electrons. The maximum absolute atomic E-state index is 12.9. The maximum atomic E-state index is 12.9. The van der Waals surface area contributed by atoms with E-state index in [4.69, 9.17) is 0 Å². The van der Waals surface area contributed by atoms with Crippen LogP contribution in [0.2, 0.25) is 0 Å². The van der Waals surface area contributed by atoms with E-state index in [1.54, 1.807) is 17.4 Å². The molecule has 3 aromatic rings. The molecule has 4 heteroatoms. The fourth-order valence-electron chi connectivity index (χ4n) is 3.08. The standard InChI is InChI=1S/C19H16N2OS/c1-2-11-21-18(15-12-23-17-10-6-4-7-13(15)17)20-16-9-5-3-8-14(16)19(21)22/h2-10,12,18,20H,1,11H2. The van der Waals surface area contributed by atoms with Gasteiger partial charge < -0.3 is 10.2 Å². The van der Waals surface area contributed by atoms with Crippen molar-refractivity contribution < 1.29 is 4.79 Å². The first-order valence-corrected chi connectivity index (χ1v) is 8.41. The molecule has 3 nitrogen and oxygen atoms in total. The number of hydrogen-bond donors (Lipinski definition) is 1. The zero-order valence-corrected chi connectivity index (χ0v) is 13.3. The highest BCUT2D eigenvalue weighted by molar-refractivity contribution is 7.17. The third-order valence-electron chi connectivity index (χ3n) is 4.15. The molecule has 0 fully saturated rings. The van der Waals surface area contributed by atoms with Gasteiger partial charge in [0.05, 0.1) is 5.56 Å². The number of fused-ring (bicyclic) bond motifs is 2. The van der Waals surface area contributed by atoms with E-state index in [1.807, 2.05) is 41.3 Å². The number of para-hydroxylation sites is 1. The normalized spacial score (nSPS) is 17.0. The largest absolute Gasteiger partial charge is 0.361 e. The summed E-state index contributed by atoms with van der Waals surface area (Å²) in [5.74, 6) is 0.0412. The molecule has 0 spiro atoms. The minimum Gasteiger partial charge on any atom is -0.361 e. The fourth-order valence-corrected chi connectivity index (χ4v) is 4.06. The van der Waals surface area contributed by atoms with Crippen molar-refractivity contribution in [2.24, 2.45) is 0 Å². The topological polar surface area (TPSA) is 32.3 Å². The third-order valence-corrected chi connectivity index (χ3v) is 5.14. The molecule has 1 aliphatic rings. The molecule has 4 rings (SSSR count). The first kappa shape index (κ1) is 14.0. The molecule has 2 heterocycles. The number of amides is 1. The van der Waals surface area contributed by atoms with E-state index in [1.165, 1.54) is 10.1 Å². The van der Waals surface area contributed by atoms with Crippen molar-refractivity contribution in [2.45, 2.75) is 6.17 Å². The number of carbonyl (C=O) groups excluding carboxylic acids is 1. The quantitative estimate of drug-likeness (QED) is 0.712. The number of rotatable bonds is 3. The third kappa shape index (κ3) is 2.23. The summed E-state index contributed by atoms with van der Waals surface area (Å²) in [5, 5.41) is 6.85. The molecule has 1 N–H and O–H groups in total. The zero-order valence-electron chi connectivity index (χ0n) is 12.5. The second kappa shape index (κ2) is 5.56. The highest BCUT2D eigenvalue weighted by Crippen LogP contribution is 2.38. The van der Waals surface area contributed by atoms with Crippen LogP contribution in [-0.2, 0) is 0 Å². The minimum atomic E-state index is -0.174. The van der Waals surface area contributed by atoms with Crippen LogP contribution in [0, 0.1) is 0 Å². The maximum Gasteiger partial charge on any atom is 0.258 e. The predicted octanol–water partition coefficient (Wildman–Crippen LogP) is 4.65. The van der Waals surface area contributed by atoms with Gasteiger partial charge in [0.15, 0.2) is 0 Å². The van der Waals surface area contributed by atoms with Crippen LogP contribution in [-0.4, -0.2) is 17.4 Å². The van der Waals surface area contributed by atoms with E-state index in [-0.39, 0.29) is 12.1 Å². The lowest BCUT2D eigenvalue weighted by Crippen LogP contribution is -2.42.